The summed E-state index contributed by atoms with van der Waals surface area (Å²) < 4.78 is 5.55. The largest absolute Gasteiger partial charge is 0.496 e. The van der Waals surface area contributed by atoms with Crippen LogP contribution in [0.1, 0.15) is 29.7 Å². The SMILES string of the molecule is COc1c(C)cnc(CN2C(=O)C3(CCNCC3)Nc3ccccc32)c1C. The number of aromatic nitrogens is 1. The third-order valence-corrected chi connectivity index (χ3v) is 5.74. The molecule has 2 aliphatic rings. The molecule has 142 valence electrons. The number of anilines is 2. The molecule has 1 saturated heterocycles. The van der Waals surface area contributed by atoms with Crippen molar-refractivity contribution < 1.29 is 9.53 Å². The molecule has 6 nitrogen and oxygen atoms in total. The number of pyridine rings is 1. The van der Waals surface area contributed by atoms with E-state index in [1.54, 1.807) is 7.11 Å². The van der Waals surface area contributed by atoms with E-state index in [4.69, 9.17) is 4.74 Å². The first-order valence-electron chi connectivity index (χ1n) is 9.45. The number of aryl methyl sites for hydroxylation is 1. The summed E-state index contributed by atoms with van der Waals surface area (Å²) in [6, 6.07) is 8.02. The Balaban J connectivity index is 1.76. The van der Waals surface area contributed by atoms with Crippen molar-refractivity contribution in [2.24, 2.45) is 0 Å². The number of fused-ring (bicyclic) bond motifs is 1. The van der Waals surface area contributed by atoms with Gasteiger partial charge in [0.25, 0.3) is 5.91 Å². The second-order valence-electron chi connectivity index (χ2n) is 7.41. The van der Waals surface area contributed by atoms with Gasteiger partial charge in [-0.05, 0) is 51.9 Å². The maximum atomic E-state index is 13.6. The highest BCUT2D eigenvalue weighted by Crippen LogP contribution is 2.40. The van der Waals surface area contributed by atoms with Gasteiger partial charge in [0.05, 0.1) is 30.7 Å². The lowest BCUT2D eigenvalue weighted by molar-refractivity contribution is -0.124. The monoisotopic (exact) mass is 366 g/mol. The lowest BCUT2D eigenvalue weighted by Gasteiger charge is -2.46. The standard InChI is InChI=1S/C21H26N4O2/c1-14-12-23-17(15(2)19(14)27-3)13-25-18-7-5-4-6-16(18)24-21(20(25)26)8-10-22-11-9-21/h4-7,12,22,24H,8-11,13H2,1-3H3. The predicted octanol–water partition coefficient (Wildman–Crippen LogP) is 2.79. The molecular weight excluding hydrogens is 340 g/mol. The first-order chi connectivity index (χ1) is 13.1. The van der Waals surface area contributed by atoms with E-state index in [1.165, 1.54) is 0 Å². The van der Waals surface area contributed by atoms with Crippen LogP contribution in [0.3, 0.4) is 0 Å². The van der Waals surface area contributed by atoms with E-state index in [0.717, 1.165) is 59.9 Å². The number of benzene rings is 1. The Morgan fingerprint density at radius 1 is 1.22 bits per heavy atom. The molecule has 0 saturated carbocycles. The summed E-state index contributed by atoms with van der Waals surface area (Å²) >= 11 is 0. The molecule has 2 aromatic rings. The highest BCUT2D eigenvalue weighted by Gasteiger charge is 2.46. The first-order valence-corrected chi connectivity index (χ1v) is 9.45. The Hall–Kier alpha value is -2.60. The molecule has 6 heteroatoms. The summed E-state index contributed by atoms with van der Waals surface area (Å²) in [5, 5.41) is 6.90. The minimum absolute atomic E-state index is 0.128. The summed E-state index contributed by atoms with van der Waals surface area (Å²) in [5.74, 6) is 0.968. The Morgan fingerprint density at radius 3 is 2.70 bits per heavy atom. The molecule has 0 bridgehead atoms. The second kappa shape index (κ2) is 6.85. The molecule has 0 radical (unpaired) electrons. The van der Waals surface area contributed by atoms with Gasteiger partial charge in [0, 0.05) is 17.3 Å². The zero-order chi connectivity index (χ0) is 19.0. The van der Waals surface area contributed by atoms with Crippen molar-refractivity contribution in [1.82, 2.24) is 10.3 Å². The molecule has 3 heterocycles. The van der Waals surface area contributed by atoms with Gasteiger partial charge < -0.3 is 20.3 Å². The van der Waals surface area contributed by atoms with Gasteiger partial charge in [0.1, 0.15) is 11.3 Å². The summed E-state index contributed by atoms with van der Waals surface area (Å²) in [6.07, 6.45) is 3.38. The average molecular weight is 366 g/mol. The molecule has 2 aliphatic heterocycles. The van der Waals surface area contributed by atoms with Crippen LogP contribution >= 0.6 is 0 Å². The van der Waals surface area contributed by atoms with Gasteiger partial charge in [-0.3, -0.25) is 9.78 Å². The van der Waals surface area contributed by atoms with Crippen molar-refractivity contribution in [1.29, 1.82) is 0 Å². The van der Waals surface area contributed by atoms with E-state index < -0.39 is 5.54 Å². The van der Waals surface area contributed by atoms with E-state index >= 15 is 0 Å². The zero-order valence-corrected chi connectivity index (χ0v) is 16.1. The van der Waals surface area contributed by atoms with Crippen LogP contribution in [-0.2, 0) is 11.3 Å². The fourth-order valence-electron chi connectivity index (χ4n) is 4.22. The van der Waals surface area contributed by atoms with Crippen LogP contribution in [0.5, 0.6) is 5.75 Å². The Labute approximate surface area is 159 Å². The van der Waals surface area contributed by atoms with E-state index in [2.05, 4.69) is 21.7 Å². The Bertz CT molecular complexity index is 874. The molecule has 0 atom stereocenters. The van der Waals surface area contributed by atoms with Crippen LogP contribution in [-0.4, -0.2) is 36.6 Å². The van der Waals surface area contributed by atoms with Crippen molar-refractivity contribution in [3.05, 3.63) is 47.3 Å². The van der Waals surface area contributed by atoms with E-state index in [9.17, 15) is 4.79 Å². The van der Waals surface area contributed by atoms with Crippen LogP contribution in [0.15, 0.2) is 30.5 Å². The third-order valence-electron chi connectivity index (χ3n) is 5.74. The number of para-hydroxylation sites is 2. The van der Waals surface area contributed by atoms with Crippen molar-refractivity contribution in [2.45, 2.75) is 38.8 Å². The molecule has 0 aliphatic carbocycles. The van der Waals surface area contributed by atoms with E-state index in [-0.39, 0.29) is 5.91 Å². The number of piperidine rings is 1. The molecule has 1 aromatic heterocycles. The molecule has 0 unspecified atom stereocenters. The first kappa shape index (κ1) is 17.8. The number of carbonyl (C=O) groups excluding carboxylic acids is 1. The maximum Gasteiger partial charge on any atom is 0.253 e. The number of hydrogen-bond donors (Lipinski definition) is 2. The topological polar surface area (TPSA) is 66.5 Å². The average Bonchev–Trinajstić information content (AvgIpc) is 2.68. The third kappa shape index (κ3) is 2.94. The number of methoxy groups -OCH3 is 1. The number of carbonyl (C=O) groups is 1. The van der Waals surface area contributed by atoms with Gasteiger partial charge in [-0.2, -0.15) is 0 Å². The van der Waals surface area contributed by atoms with Gasteiger partial charge in [0.2, 0.25) is 0 Å². The molecule has 1 fully saturated rings. The number of amides is 1. The van der Waals surface area contributed by atoms with E-state index in [1.807, 2.05) is 43.1 Å². The van der Waals surface area contributed by atoms with Crippen molar-refractivity contribution in [3.8, 4) is 5.75 Å². The molecule has 2 N–H and O–H groups in total. The molecule has 4 rings (SSSR count). The highest BCUT2D eigenvalue weighted by atomic mass is 16.5. The summed E-state index contributed by atoms with van der Waals surface area (Å²) in [7, 11) is 1.68. The van der Waals surface area contributed by atoms with Gasteiger partial charge in [0.15, 0.2) is 0 Å². The van der Waals surface area contributed by atoms with Crippen LogP contribution < -0.4 is 20.3 Å². The fraction of sp³-hybridized carbons (Fsp3) is 0.429. The lowest BCUT2D eigenvalue weighted by Crippen LogP contribution is -2.61. The van der Waals surface area contributed by atoms with Crippen molar-refractivity contribution in [3.63, 3.8) is 0 Å². The molecule has 1 aromatic carbocycles. The molecule has 27 heavy (non-hydrogen) atoms. The van der Waals surface area contributed by atoms with Gasteiger partial charge in [-0.1, -0.05) is 12.1 Å². The normalized spacial score (nSPS) is 18.2. The van der Waals surface area contributed by atoms with Crippen LogP contribution in [0.25, 0.3) is 0 Å². The number of ether oxygens (including phenoxy) is 1. The molecular formula is C21H26N4O2. The number of nitrogens with zero attached hydrogens (tertiary/aromatic N) is 2. The number of nitrogens with one attached hydrogen (secondary N) is 2. The van der Waals surface area contributed by atoms with Crippen LogP contribution in [0, 0.1) is 13.8 Å². The molecule has 1 amide bonds. The summed E-state index contributed by atoms with van der Waals surface area (Å²) in [5.41, 5.74) is 4.23. The Kier molecular flexibility index (Phi) is 4.52. The minimum Gasteiger partial charge on any atom is -0.496 e. The van der Waals surface area contributed by atoms with Gasteiger partial charge in [-0.25, -0.2) is 0 Å². The molecule has 1 spiro atoms. The Morgan fingerprint density at radius 2 is 1.96 bits per heavy atom. The van der Waals surface area contributed by atoms with Crippen molar-refractivity contribution >= 4 is 17.3 Å². The van der Waals surface area contributed by atoms with Gasteiger partial charge in [-0.15, -0.1) is 0 Å². The number of hydrogen-bond acceptors (Lipinski definition) is 5. The zero-order valence-electron chi connectivity index (χ0n) is 16.1. The van der Waals surface area contributed by atoms with Gasteiger partial charge >= 0.3 is 0 Å². The smallest absolute Gasteiger partial charge is 0.253 e. The van der Waals surface area contributed by atoms with Crippen LogP contribution in [0.2, 0.25) is 0 Å². The summed E-state index contributed by atoms with van der Waals surface area (Å²) in [6.45, 7) is 6.11. The number of rotatable bonds is 3. The summed E-state index contributed by atoms with van der Waals surface area (Å²) in [4.78, 5) is 20.1. The second-order valence-corrected chi connectivity index (χ2v) is 7.41. The predicted molar refractivity (Wildman–Crippen MR) is 106 cm³/mol. The quantitative estimate of drug-likeness (QED) is 0.874. The lowest BCUT2D eigenvalue weighted by atomic mass is 9.84. The van der Waals surface area contributed by atoms with Crippen LogP contribution in [0.4, 0.5) is 11.4 Å². The fourth-order valence-corrected chi connectivity index (χ4v) is 4.22. The van der Waals surface area contributed by atoms with Crippen molar-refractivity contribution in [2.75, 3.05) is 30.4 Å². The highest BCUT2D eigenvalue weighted by molar-refractivity contribution is 6.07. The maximum absolute atomic E-state index is 13.6. The minimum atomic E-state index is -0.539. The van der Waals surface area contributed by atoms with E-state index in [0.29, 0.717) is 6.54 Å².